The number of halogens is 2. The van der Waals surface area contributed by atoms with Crippen LogP contribution < -0.4 is 15.5 Å². The predicted octanol–water partition coefficient (Wildman–Crippen LogP) is 3.92. The monoisotopic (exact) mass is 416 g/mol. The molecular weight excluding hydrogens is 399 g/mol. The Labute approximate surface area is 172 Å². The smallest absolute Gasteiger partial charge is 0.162 e. The fraction of sp³-hybridized carbons (Fsp3) is 0.105. The van der Waals surface area contributed by atoms with Crippen LogP contribution in [0.3, 0.4) is 0 Å². The molecule has 0 bridgehead atoms. The number of H-pyrrole nitrogens is 1. The summed E-state index contributed by atoms with van der Waals surface area (Å²) in [7, 11) is 1.64. The van der Waals surface area contributed by atoms with Crippen LogP contribution in [0.1, 0.15) is 5.56 Å². The molecule has 28 heavy (non-hydrogen) atoms. The van der Waals surface area contributed by atoms with Crippen LogP contribution in [0.4, 0.5) is 5.82 Å². The Morgan fingerprint density at radius 3 is 2.82 bits per heavy atom. The Hall–Kier alpha value is -3.03. The molecular formula is C19H18Cl2N6O. The van der Waals surface area contributed by atoms with E-state index in [9.17, 15) is 0 Å². The SMILES string of the molecule is COc1cccc(CNc2n[nH]c3ncn(-c4cccc(Cl)c4)c(=N)c23)c1.Cl. The summed E-state index contributed by atoms with van der Waals surface area (Å²) in [5.74, 6) is 1.37. The van der Waals surface area contributed by atoms with Gasteiger partial charge in [0.15, 0.2) is 11.5 Å². The van der Waals surface area contributed by atoms with Crippen molar-refractivity contribution in [1.29, 1.82) is 5.41 Å². The summed E-state index contributed by atoms with van der Waals surface area (Å²) in [6.45, 7) is 0.544. The Morgan fingerprint density at radius 1 is 1.21 bits per heavy atom. The fourth-order valence-electron chi connectivity index (χ4n) is 2.86. The highest BCUT2D eigenvalue weighted by atomic mass is 35.5. The van der Waals surface area contributed by atoms with Gasteiger partial charge in [-0.25, -0.2) is 4.98 Å². The van der Waals surface area contributed by atoms with Gasteiger partial charge in [-0.1, -0.05) is 29.8 Å². The number of rotatable bonds is 5. The minimum absolute atomic E-state index is 0. The molecule has 0 fully saturated rings. The van der Waals surface area contributed by atoms with Crippen molar-refractivity contribution < 1.29 is 4.74 Å². The quantitative estimate of drug-likeness (QED) is 0.459. The van der Waals surface area contributed by atoms with E-state index in [1.807, 2.05) is 36.4 Å². The van der Waals surface area contributed by atoms with E-state index in [-0.39, 0.29) is 17.9 Å². The molecule has 0 aliphatic rings. The summed E-state index contributed by atoms with van der Waals surface area (Å²) in [6.07, 6.45) is 1.58. The van der Waals surface area contributed by atoms with E-state index < -0.39 is 0 Å². The molecule has 144 valence electrons. The third kappa shape index (κ3) is 3.81. The zero-order chi connectivity index (χ0) is 18.8. The topological polar surface area (TPSA) is 91.6 Å². The minimum atomic E-state index is 0. The van der Waals surface area contributed by atoms with Crippen LogP contribution in [0, 0.1) is 5.41 Å². The Morgan fingerprint density at radius 2 is 2.04 bits per heavy atom. The molecule has 2 aromatic heterocycles. The molecule has 0 unspecified atom stereocenters. The highest BCUT2D eigenvalue weighted by Crippen LogP contribution is 2.19. The van der Waals surface area contributed by atoms with Gasteiger partial charge in [-0.15, -0.1) is 12.4 Å². The van der Waals surface area contributed by atoms with Crippen molar-refractivity contribution >= 4 is 40.9 Å². The second-order valence-electron chi connectivity index (χ2n) is 5.94. The number of anilines is 1. The number of aromatic amines is 1. The highest BCUT2D eigenvalue weighted by molar-refractivity contribution is 6.30. The van der Waals surface area contributed by atoms with E-state index in [2.05, 4.69) is 20.5 Å². The van der Waals surface area contributed by atoms with Crippen molar-refractivity contribution in [2.75, 3.05) is 12.4 Å². The molecule has 7 nitrogen and oxygen atoms in total. The summed E-state index contributed by atoms with van der Waals surface area (Å²) >= 11 is 6.08. The number of nitrogens with zero attached hydrogens (tertiary/aromatic N) is 3. The largest absolute Gasteiger partial charge is 0.497 e. The average molecular weight is 417 g/mol. The molecule has 2 heterocycles. The van der Waals surface area contributed by atoms with Gasteiger partial charge >= 0.3 is 0 Å². The van der Waals surface area contributed by atoms with Crippen molar-refractivity contribution in [1.82, 2.24) is 19.7 Å². The molecule has 0 radical (unpaired) electrons. The molecule has 0 saturated heterocycles. The number of fused-ring (bicyclic) bond motifs is 1. The van der Waals surface area contributed by atoms with Gasteiger partial charge in [0.2, 0.25) is 0 Å². The first kappa shape index (κ1) is 19.7. The molecule has 9 heteroatoms. The van der Waals surface area contributed by atoms with Crippen molar-refractivity contribution in [2.24, 2.45) is 0 Å². The van der Waals surface area contributed by atoms with Gasteiger partial charge in [0, 0.05) is 17.3 Å². The number of hydrogen-bond donors (Lipinski definition) is 3. The van der Waals surface area contributed by atoms with Crippen LogP contribution in [0.15, 0.2) is 54.9 Å². The summed E-state index contributed by atoms with van der Waals surface area (Å²) in [4.78, 5) is 4.37. The summed E-state index contributed by atoms with van der Waals surface area (Å²) in [5.41, 5.74) is 2.63. The lowest BCUT2D eigenvalue weighted by Gasteiger charge is -2.09. The van der Waals surface area contributed by atoms with E-state index in [0.29, 0.717) is 28.4 Å². The van der Waals surface area contributed by atoms with Gasteiger partial charge in [0.25, 0.3) is 0 Å². The minimum Gasteiger partial charge on any atom is -0.497 e. The van der Waals surface area contributed by atoms with Gasteiger partial charge in [-0.2, -0.15) is 5.10 Å². The van der Waals surface area contributed by atoms with Crippen LogP contribution in [-0.2, 0) is 6.54 Å². The Balaban J connectivity index is 0.00000225. The van der Waals surface area contributed by atoms with Crippen LogP contribution in [0.2, 0.25) is 5.02 Å². The first-order valence-corrected chi connectivity index (χ1v) is 8.66. The van der Waals surface area contributed by atoms with Crippen molar-refractivity contribution in [2.45, 2.75) is 6.54 Å². The Bertz CT molecular complexity index is 1170. The van der Waals surface area contributed by atoms with Gasteiger partial charge < -0.3 is 10.1 Å². The maximum atomic E-state index is 8.61. The first-order chi connectivity index (χ1) is 13.2. The predicted molar refractivity (Wildman–Crippen MR) is 112 cm³/mol. The highest BCUT2D eigenvalue weighted by Gasteiger charge is 2.12. The number of hydrogen-bond acceptors (Lipinski definition) is 5. The average Bonchev–Trinajstić information content (AvgIpc) is 3.11. The lowest BCUT2D eigenvalue weighted by Crippen LogP contribution is -2.19. The molecule has 0 spiro atoms. The number of methoxy groups -OCH3 is 1. The number of aromatic nitrogens is 4. The molecule has 2 aromatic carbocycles. The zero-order valence-electron chi connectivity index (χ0n) is 14.9. The summed E-state index contributed by atoms with van der Waals surface area (Å²) in [5, 5.41) is 20.2. The van der Waals surface area contributed by atoms with Crippen LogP contribution in [0.5, 0.6) is 5.75 Å². The normalized spacial score (nSPS) is 10.5. The van der Waals surface area contributed by atoms with Crippen molar-refractivity contribution in [3.8, 4) is 11.4 Å². The van der Waals surface area contributed by atoms with Gasteiger partial charge in [-0.05, 0) is 35.9 Å². The van der Waals surface area contributed by atoms with E-state index in [4.69, 9.17) is 21.7 Å². The van der Waals surface area contributed by atoms with Gasteiger partial charge in [0.05, 0.1) is 7.11 Å². The molecule has 0 saturated carbocycles. The number of benzene rings is 2. The van der Waals surface area contributed by atoms with Crippen molar-refractivity contribution in [3.63, 3.8) is 0 Å². The Kier molecular flexibility index (Phi) is 5.87. The van der Waals surface area contributed by atoms with Crippen molar-refractivity contribution in [3.05, 3.63) is 70.9 Å². The van der Waals surface area contributed by atoms with E-state index in [0.717, 1.165) is 17.0 Å². The summed E-state index contributed by atoms with van der Waals surface area (Å²) < 4.78 is 6.92. The van der Waals surface area contributed by atoms with E-state index in [1.54, 1.807) is 30.1 Å². The molecule has 3 N–H and O–H groups in total. The maximum absolute atomic E-state index is 8.61. The van der Waals surface area contributed by atoms with Gasteiger partial charge in [0.1, 0.15) is 23.0 Å². The third-order valence-electron chi connectivity index (χ3n) is 4.21. The van der Waals surface area contributed by atoms with Crippen LogP contribution in [-0.4, -0.2) is 26.9 Å². The molecule has 0 aliphatic carbocycles. The molecule has 0 amide bonds. The van der Waals surface area contributed by atoms with Crippen LogP contribution in [0.25, 0.3) is 16.7 Å². The lowest BCUT2D eigenvalue weighted by atomic mass is 10.2. The molecule has 4 aromatic rings. The number of ether oxygens (including phenoxy) is 1. The third-order valence-corrected chi connectivity index (χ3v) is 4.44. The van der Waals surface area contributed by atoms with Gasteiger partial charge in [-0.3, -0.25) is 15.1 Å². The van der Waals surface area contributed by atoms with Crippen LogP contribution >= 0.6 is 24.0 Å². The molecule has 0 aliphatic heterocycles. The second kappa shape index (κ2) is 8.33. The zero-order valence-corrected chi connectivity index (χ0v) is 16.5. The first-order valence-electron chi connectivity index (χ1n) is 8.29. The molecule has 0 atom stereocenters. The standard InChI is InChI=1S/C19H17ClN6O.ClH/c1-27-15-7-2-4-12(8-15)10-22-18-16-17(21)26(11-23-19(16)25-24-18)14-6-3-5-13(20)9-14;/h2-9,11,21H,10H2,1H3,(H2,22,24,25);1H. The van der Waals surface area contributed by atoms with E-state index in [1.165, 1.54) is 0 Å². The fourth-order valence-corrected chi connectivity index (χ4v) is 3.05. The maximum Gasteiger partial charge on any atom is 0.162 e. The number of nitrogens with one attached hydrogen (secondary N) is 3. The second-order valence-corrected chi connectivity index (χ2v) is 6.38. The molecule has 4 rings (SSSR count). The summed E-state index contributed by atoms with van der Waals surface area (Å²) in [6, 6.07) is 15.1. The lowest BCUT2D eigenvalue weighted by molar-refractivity contribution is 0.414. The van der Waals surface area contributed by atoms with E-state index >= 15 is 0 Å².